The predicted molar refractivity (Wildman–Crippen MR) is 68.6 cm³/mol. The van der Waals surface area contributed by atoms with E-state index in [1.54, 1.807) is 29.2 Å². The zero-order chi connectivity index (χ0) is 13.1. The maximum Gasteiger partial charge on any atom is 0.165 e. The number of aromatic nitrogens is 2. The summed E-state index contributed by atoms with van der Waals surface area (Å²) in [5.41, 5.74) is 0.358. The van der Waals surface area contributed by atoms with Crippen LogP contribution in [0.15, 0.2) is 30.6 Å². The lowest BCUT2D eigenvalue weighted by atomic mass is 10.2. The van der Waals surface area contributed by atoms with Gasteiger partial charge in [0.25, 0.3) is 0 Å². The summed E-state index contributed by atoms with van der Waals surface area (Å²) in [6.07, 6.45) is 3.37. The van der Waals surface area contributed by atoms with Crippen LogP contribution < -0.4 is 4.74 Å². The van der Waals surface area contributed by atoms with Gasteiger partial charge < -0.3 is 4.74 Å². The van der Waals surface area contributed by atoms with Crippen LogP contribution in [0.2, 0.25) is 0 Å². The molecule has 0 aliphatic carbocycles. The highest BCUT2D eigenvalue weighted by Crippen LogP contribution is 2.28. The monoisotopic (exact) mass is 268 g/mol. The fourth-order valence-electron chi connectivity index (χ4n) is 1.55. The number of hydrogen-bond acceptors (Lipinski definition) is 2. The number of halogens is 2. The lowest BCUT2D eigenvalue weighted by Gasteiger charge is -2.08. The molecule has 96 valence electrons. The predicted octanol–water partition coefficient (Wildman–Crippen LogP) is 4.13. The number of rotatable bonds is 4. The van der Waals surface area contributed by atoms with Gasteiger partial charge in [-0.25, -0.2) is 4.39 Å². The van der Waals surface area contributed by atoms with Gasteiger partial charge in [-0.1, -0.05) is 6.07 Å². The van der Waals surface area contributed by atoms with Crippen LogP contribution in [0.25, 0.3) is 0 Å². The highest BCUT2D eigenvalue weighted by molar-refractivity contribution is 6.17. The molecule has 0 saturated carbocycles. The van der Waals surface area contributed by atoms with Gasteiger partial charge >= 0.3 is 0 Å². The van der Waals surface area contributed by atoms with E-state index in [4.69, 9.17) is 16.3 Å². The zero-order valence-corrected chi connectivity index (χ0v) is 11.0. The second kappa shape index (κ2) is 5.40. The average Bonchev–Trinajstić information content (AvgIpc) is 2.78. The Morgan fingerprint density at radius 2 is 2.22 bits per heavy atom. The minimum Gasteiger partial charge on any atom is -0.454 e. The number of benzene rings is 1. The fourth-order valence-corrected chi connectivity index (χ4v) is 1.81. The van der Waals surface area contributed by atoms with Crippen LogP contribution in [0, 0.1) is 5.82 Å². The van der Waals surface area contributed by atoms with Crippen molar-refractivity contribution in [3.8, 4) is 11.5 Å². The third kappa shape index (κ3) is 2.64. The van der Waals surface area contributed by atoms with Gasteiger partial charge in [0.2, 0.25) is 0 Å². The fraction of sp³-hybridized carbons (Fsp3) is 0.308. The van der Waals surface area contributed by atoms with Crippen molar-refractivity contribution >= 4 is 11.6 Å². The maximum absolute atomic E-state index is 13.5. The number of nitrogens with zero attached hydrogens (tertiary/aromatic N) is 2. The Labute approximate surface area is 110 Å². The first-order chi connectivity index (χ1) is 8.61. The van der Waals surface area contributed by atoms with E-state index in [1.807, 2.05) is 13.8 Å². The summed E-state index contributed by atoms with van der Waals surface area (Å²) in [7, 11) is 0. The minimum atomic E-state index is -0.362. The number of hydrogen-bond donors (Lipinski definition) is 0. The van der Waals surface area contributed by atoms with Crippen LogP contribution in [0.5, 0.6) is 11.5 Å². The van der Waals surface area contributed by atoms with Gasteiger partial charge in [0.15, 0.2) is 5.75 Å². The van der Waals surface area contributed by atoms with Gasteiger partial charge in [-0.3, -0.25) is 4.68 Å². The van der Waals surface area contributed by atoms with Gasteiger partial charge in [0.05, 0.1) is 18.3 Å². The van der Waals surface area contributed by atoms with Crippen molar-refractivity contribution < 1.29 is 9.13 Å². The van der Waals surface area contributed by atoms with Crippen LogP contribution in [0.1, 0.15) is 25.5 Å². The summed E-state index contributed by atoms with van der Waals surface area (Å²) in [5, 5.41) is 4.15. The SMILES string of the molecule is CC(C)n1cc(Oc2cccc(F)c2CCl)cn1. The normalized spacial score (nSPS) is 10.9. The van der Waals surface area contributed by atoms with Crippen LogP contribution >= 0.6 is 11.6 Å². The second-order valence-corrected chi connectivity index (χ2v) is 4.47. The number of ether oxygens (including phenoxy) is 1. The molecule has 18 heavy (non-hydrogen) atoms. The molecule has 0 bridgehead atoms. The molecule has 0 atom stereocenters. The molecule has 0 fully saturated rings. The van der Waals surface area contributed by atoms with Gasteiger partial charge in [-0.2, -0.15) is 5.10 Å². The Morgan fingerprint density at radius 1 is 1.44 bits per heavy atom. The van der Waals surface area contributed by atoms with Crippen molar-refractivity contribution in [1.82, 2.24) is 9.78 Å². The molecular formula is C13H14ClFN2O. The van der Waals surface area contributed by atoms with Gasteiger partial charge in [-0.15, -0.1) is 11.6 Å². The Morgan fingerprint density at radius 3 is 2.83 bits per heavy atom. The summed E-state index contributed by atoms with van der Waals surface area (Å²) >= 11 is 5.72. The first-order valence-corrected chi connectivity index (χ1v) is 6.20. The average molecular weight is 269 g/mol. The van der Waals surface area contributed by atoms with Gasteiger partial charge in [0.1, 0.15) is 11.6 Å². The van der Waals surface area contributed by atoms with E-state index in [2.05, 4.69) is 5.10 Å². The van der Waals surface area contributed by atoms with Gasteiger partial charge in [0, 0.05) is 11.6 Å². The highest BCUT2D eigenvalue weighted by Gasteiger charge is 2.10. The first kappa shape index (κ1) is 12.9. The van der Waals surface area contributed by atoms with E-state index in [0.29, 0.717) is 17.1 Å². The molecule has 1 aromatic carbocycles. The van der Waals surface area contributed by atoms with E-state index in [-0.39, 0.29) is 17.7 Å². The largest absolute Gasteiger partial charge is 0.454 e. The third-order valence-corrected chi connectivity index (χ3v) is 2.81. The molecule has 2 rings (SSSR count). The molecule has 2 aromatic rings. The van der Waals surface area contributed by atoms with Crippen LogP contribution in [-0.2, 0) is 5.88 Å². The lowest BCUT2D eigenvalue weighted by Crippen LogP contribution is -1.99. The van der Waals surface area contributed by atoms with Crippen molar-refractivity contribution in [1.29, 1.82) is 0 Å². The summed E-state index contributed by atoms with van der Waals surface area (Å²) < 4.78 is 20.9. The van der Waals surface area contributed by atoms with E-state index in [9.17, 15) is 4.39 Å². The van der Waals surface area contributed by atoms with Gasteiger partial charge in [-0.05, 0) is 26.0 Å². The quantitative estimate of drug-likeness (QED) is 0.780. The van der Waals surface area contributed by atoms with Crippen molar-refractivity contribution in [2.75, 3.05) is 0 Å². The van der Waals surface area contributed by atoms with E-state index in [1.165, 1.54) is 6.07 Å². The molecule has 0 unspecified atom stereocenters. The van der Waals surface area contributed by atoms with Crippen molar-refractivity contribution in [3.05, 3.63) is 42.0 Å². The number of alkyl halides is 1. The summed E-state index contributed by atoms with van der Waals surface area (Å²) in [6.45, 7) is 4.03. The van der Waals surface area contributed by atoms with Crippen molar-refractivity contribution in [3.63, 3.8) is 0 Å². The van der Waals surface area contributed by atoms with Crippen LogP contribution in [0.3, 0.4) is 0 Å². The smallest absolute Gasteiger partial charge is 0.165 e. The first-order valence-electron chi connectivity index (χ1n) is 5.67. The van der Waals surface area contributed by atoms with E-state index in [0.717, 1.165) is 0 Å². The standard InChI is InChI=1S/C13H14ClFN2O/c1-9(2)17-8-10(7-16-17)18-13-5-3-4-12(15)11(13)6-14/h3-5,7-9H,6H2,1-2H3. The van der Waals surface area contributed by atoms with E-state index >= 15 is 0 Å². The lowest BCUT2D eigenvalue weighted by molar-refractivity contribution is 0.466. The Kier molecular flexibility index (Phi) is 3.87. The molecule has 1 heterocycles. The Bertz CT molecular complexity index is 540. The molecule has 0 aliphatic rings. The summed E-state index contributed by atoms with van der Waals surface area (Å²) in [5.74, 6) is 0.702. The summed E-state index contributed by atoms with van der Waals surface area (Å²) in [4.78, 5) is 0. The summed E-state index contributed by atoms with van der Waals surface area (Å²) in [6, 6.07) is 4.89. The molecule has 3 nitrogen and oxygen atoms in total. The molecule has 0 saturated heterocycles. The van der Waals surface area contributed by atoms with Crippen molar-refractivity contribution in [2.45, 2.75) is 25.8 Å². The molecule has 0 aliphatic heterocycles. The molecule has 0 spiro atoms. The molecular weight excluding hydrogens is 255 g/mol. The topological polar surface area (TPSA) is 27.1 Å². The zero-order valence-electron chi connectivity index (χ0n) is 10.2. The molecule has 1 aromatic heterocycles. The molecule has 0 radical (unpaired) electrons. The molecule has 0 N–H and O–H groups in total. The maximum atomic E-state index is 13.5. The minimum absolute atomic E-state index is 0.0698. The highest BCUT2D eigenvalue weighted by atomic mass is 35.5. The third-order valence-electron chi connectivity index (χ3n) is 2.54. The molecule has 5 heteroatoms. The Balaban J connectivity index is 2.25. The Hall–Kier alpha value is -1.55. The van der Waals surface area contributed by atoms with Crippen molar-refractivity contribution in [2.24, 2.45) is 0 Å². The van der Waals surface area contributed by atoms with Crippen LogP contribution in [0.4, 0.5) is 4.39 Å². The molecule has 0 amide bonds. The van der Waals surface area contributed by atoms with E-state index < -0.39 is 0 Å². The van der Waals surface area contributed by atoms with Crippen LogP contribution in [-0.4, -0.2) is 9.78 Å². The second-order valence-electron chi connectivity index (χ2n) is 4.20.